The minimum absolute atomic E-state index is 0.00205. The summed E-state index contributed by atoms with van der Waals surface area (Å²) in [4.78, 5) is 9.75. The second kappa shape index (κ2) is 8.95. The van der Waals surface area contributed by atoms with E-state index in [2.05, 4.69) is 29.4 Å². The van der Waals surface area contributed by atoms with Gasteiger partial charge in [-0.1, -0.05) is 0 Å². The van der Waals surface area contributed by atoms with Gasteiger partial charge in [-0.15, -0.1) is 4.40 Å². The van der Waals surface area contributed by atoms with Crippen LogP contribution in [0.5, 0.6) is 17.6 Å². The highest BCUT2D eigenvalue weighted by Gasteiger charge is 2.40. The number of methoxy groups -OCH3 is 3. The highest BCUT2D eigenvalue weighted by molar-refractivity contribution is 7.90. The van der Waals surface area contributed by atoms with Gasteiger partial charge in [-0.2, -0.15) is 31.6 Å². The van der Waals surface area contributed by atoms with Crippen LogP contribution in [0.2, 0.25) is 0 Å². The Morgan fingerprint density at radius 3 is 2.20 bits per heavy atom. The summed E-state index contributed by atoms with van der Waals surface area (Å²) in [6, 6.07) is 1.74. The van der Waals surface area contributed by atoms with Gasteiger partial charge in [-0.3, -0.25) is 10.5 Å². The zero-order valence-corrected chi connectivity index (χ0v) is 16.4. The average molecular weight is 452 g/mol. The third kappa shape index (κ3) is 5.15. The minimum Gasteiger partial charge on any atom is -0.481 e. The Kier molecular flexibility index (Phi) is 6.83. The summed E-state index contributed by atoms with van der Waals surface area (Å²) in [5, 5.41) is 11.4. The van der Waals surface area contributed by atoms with Crippen molar-refractivity contribution in [3.8, 4) is 17.6 Å². The van der Waals surface area contributed by atoms with Gasteiger partial charge in [0.2, 0.25) is 29.5 Å². The first-order valence-corrected chi connectivity index (χ1v) is 9.09. The maximum absolute atomic E-state index is 13.3. The molecule has 164 valence electrons. The number of hydrogen-bond donors (Lipinski definition) is 3. The molecule has 16 heteroatoms. The molecule has 0 saturated heterocycles. The Bertz CT molecular complexity index is 1020. The Hall–Kier alpha value is -3.40. The van der Waals surface area contributed by atoms with Crippen molar-refractivity contribution in [3.63, 3.8) is 0 Å². The molecule has 3 N–H and O–H groups in total. The van der Waals surface area contributed by atoms with Crippen LogP contribution in [-0.2, 0) is 16.2 Å². The van der Waals surface area contributed by atoms with Gasteiger partial charge < -0.3 is 14.2 Å². The first kappa shape index (κ1) is 22.9. The van der Waals surface area contributed by atoms with Crippen molar-refractivity contribution in [3.05, 3.63) is 23.9 Å². The van der Waals surface area contributed by atoms with E-state index < -0.39 is 38.5 Å². The van der Waals surface area contributed by atoms with Gasteiger partial charge in [0.25, 0.3) is 10.0 Å². The van der Waals surface area contributed by atoms with E-state index >= 15 is 0 Å². The van der Waals surface area contributed by atoms with Gasteiger partial charge in [0.1, 0.15) is 0 Å². The minimum atomic E-state index is -5.10. The maximum atomic E-state index is 13.3. The zero-order valence-electron chi connectivity index (χ0n) is 15.6. The van der Waals surface area contributed by atoms with Crippen LogP contribution in [0.25, 0.3) is 0 Å². The molecule has 2 rings (SSSR count). The van der Waals surface area contributed by atoms with Crippen molar-refractivity contribution in [1.29, 1.82) is 0 Å². The second-order valence-electron chi connectivity index (χ2n) is 5.12. The molecule has 0 aliphatic rings. The molecule has 30 heavy (non-hydrogen) atoms. The predicted molar refractivity (Wildman–Crippen MR) is 94.1 cm³/mol. The third-order valence-corrected chi connectivity index (χ3v) is 4.61. The Balaban J connectivity index is 2.55. The van der Waals surface area contributed by atoms with E-state index in [1.54, 1.807) is 0 Å². The number of anilines is 1. The number of aromatic nitrogens is 3. The normalized spacial score (nSPS) is 12.3. The summed E-state index contributed by atoms with van der Waals surface area (Å²) >= 11 is 0. The summed E-state index contributed by atoms with van der Waals surface area (Å²) in [6.45, 7) is 0. The first-order valence-electron chi connectivity index (χ1n) is 7.65. The lowest BCUT2D eigenvalue weighted by Crippen LogP contribution is -2.30. The van der Waals surface area contributed by atoms with Gasteiger partial charge in [0.05, 0.1) is 33.0 Å². The molecule has 2 heterocycles. The molecule has 0 atom stereocenters. The molecule has 0 aliphatic heterocycles. The summed E-state index contributed by atoms with van der Waals surface area (Å²) < 4.78 is 82.7. The molecule has 2 aromatic heterocycles. The smallest absolute Gasteiger partial charge is 0.418 e. The van der Waals surface area contributed by atoms with E-state index in [-0.39, 0.29) is 17.7 Å². The number of nitrogens with zero attached hydrogens (tertiary/aromatic N) is 4. The molecule has 12 nitrogen and oxygen atoms in total. The van der Waals surface area contributed by atoms with Crippen molar-refractivity contribution >= 4 is 21.9 Å². The van der Waals surface area contributed by atoms with Gasteiger partial charge in [-0.25, -0.2) is 10.5 Å². The van der Waals surface area contributed by atoms with E-state index in [4.69, 9.17) is 9.47 Å². The molecular weight excluding hydrogens is 437 g/mol. The van der Waals surface area contributed by atoms with E-state index in [0.29, 0.717) is 6.07 Å². The third-order valence-electron chi connectivity index (χ3n) is 3.27. The highest BCUT2D eigenvalue weighted by atomic mass is 32.2. The van der Waals surface area contributed by atoms with E-state index in [1.807, 2.05) is 0 Å². The molecule has 0 fully saturated rings. The predicted octanol–water partition coefficient (Wildman–Crippen LogP) is 1.05. The molecule has 0 aliphatic carbocycles. The van der Waals surface area contributed by atoms with Crippen molar-refractivity contribution < 1.29 is 41.0 Å². The lowest BCUT2D eigenvalue weighted by Gasteiger charge is -2.14. The highest BCUT2D eigenvalue weighted by Crippen LogP contribution is 2.38. The van der Waals surface area contributed by atoms with Gasteiger partial charge in [0.15, 0.2) is 4.90 Å². The fourth-order valence-electron chi connectivity index (χ4n) is 2.06. The van der Waals surface area contributed by atoms with Gasteiger partial charge >= 0.3 is 6.18 Å². The number of ether oxygens (including phenoxy) is 3. The number of alkyl halides is 3. The van der Waals surface area contributed by atoms with Crippen LogP contribution >= 0.6 is 0 Å². The Morgan fingerprint density at radius 2 is 1.73 bits per heavy atom. The molecule has 0 aromatic carbocycles. The second-order valence-corrected chi connectivity index (χ2v) is 6.66. The lowest BCUT2D eigenvalue weighted by atomic mass is 10.2. The monoisotopic (exact) mass is 452 g/mol. The number of sulfonamides is 1. The molecule has 0 radical (unpaired) electrons. The van der Waals surface area contributed by atoms with Crippen molar-refractivity contribution in [2.75, 3.05) is 26.6 Å². The van der Waals surface area contributed by atoms with Crippen molar-refractivity contribution in [2.45, 2.75) is 11.1 Å². The molecule has 2 aromatic rings. The van der Waals surface area contributed by atoms with Crippen LogP contribution in [0.1, 0.15) is 5.56 Å². The Labute approximate surface area is 167 Å². The molecule has 0 amide bonds. The lowest BCUT2D eigenvalue weighted by molar-refractivity contribution is -0.140. The van der Waals surface area contributed by atoms with Crippen LogP contribution < -0.4 is 25.0 Å². The standard InChI is InChI=1S/C14H15F3N6O6S/c1-27-8-6-9(28-2)20-12(19-8)21-13(22-24)23-30(25,26)10-7(14(15,16)17)4-5-18-11(10)29-3/h4-6,24H,1-3H3,(H2,19,20,21,22,23). The molecule has 0 unspecified atom stereocenters. The number of rotatable bonds is 6. The SMILES string of the molecule is COc1cc(OC)nc(NC(=NS(=O)(=O)c2c(C(F)(F)F)ccnc2OC)NO)n1. The number of nitrogens with one attached hydrogen (secondary N) is 2. The first-order chi connectivity index (χ1) is 14.0. The van der Waals surface area contributed by atoms with Crippen LogP contribution in [0.15, 0.2) is 27.6 Å². The fraction of sp³-hybridized carbons (Fsp3) is 0.286. The van der Waals surface area contributed by atoms with E-state index in [0.717, 1.165) is 13.3 Å². The van der Waals surface area contributed by atoms with Crippen molar-refractivity contribution in [1.82, 2.24) is 20.4 Å². The van der Waals surface area contributed by atoms with Gasteiger partial charge in [0, 0.05) is 6.20 Å². The summed E-state index contributed by atoms with van der Waals surface area (Å²) in [5.74, 6) is -2.12. The van der Waals surface area contributed by atoms with E-state index in [1.165, 1.54) is 25.8 Å². The average Bonchev–Trinajstić information content (AvgIpc) is 2.71. The van der Waals surface area contributed by atoms with Crippen molar-refractivity contribution in [2.24, 2.45) is 4.40 Å². The molecule has 0 spiro atoms. The largest absolute Gasteiger partial charge is 0.481 e. The van der Waals surface area contributed by atoms with Crippen LogP contribution in [0.3, 0.4) is 0 Å². The van der Waals surface area contributed by atoms with Crippen LogP contribution in [0, 0.1) is 0 Å². The molecule has 0 saturated carbocycles. The summed E-state index contributed by atoms with van der Waals surface area (Å²) in [7, 11) is -1.61. The number of pyridine rings is 1. The number of halogens is 3. The number of guanidine groups is 1. The number of hydroxylamine groups is 1. The summed E-state index contributed by atoms with van der Waals surface area (Å²) in [6.07, 6.45) is -4.33. The van der Waals surface area contributed by atoms with Gasteiger partial charge in [-0.05, 0) is 6.07 Å². The quantitative estimate of drug-likeness (QED) is 0.327. The topological polar surface area (TPSA) is 157 Å². The Morgan fingerprint density at radius 1 is 1.13 bits per heavy atom. The zero-order chi connectivity index (χ0) is 22.5. The molecule has 0 bridgehead atoms. The number of hydrogen-bond acceptors (Lipinski definition) is 9. The summed E-state index contributed by atoms with van der Waals surface area (Å²) in [5.41, 5.74) is -0.158. The fourth-order valence-corrected chi connectivity index (χ4v) is 3.30. The maximum Gasteiger partial charge on any atom is 0.418 e. The van der Waals surface area contributed by atoms with E-state index in [9.17, 15) is 26.8 Å². The molecular formula is C14H15F3N6O6S. The van der Waals surface area contributed by atoms with Crippen LogP contribution in [-0.4, -0.2) is 55.9 Å². The van der Waals surface area contributed by atoms with Crippen LogP contribution in [0.4, 0.5) is 19.1 Å².